The Balaban J connectivity index is 1.17. The van der Waals surface area contributed by atoms with Crippen LogP contribution in [-0.4, -0.2) is 47.6 Å². The maximum absolute atomic E-state index is 12.8. The van der Waals surface area contributed by atoms with Gasteiger partial charge in [0.1, 0.15) is 0 Å². The van der Waals surface area contributed by atoms with Crippen LogP contribution in [0.15, 0.2) is 72.8 Å². The average Bonchev–Trinajstić information content (AvgIpc) is 3.05. The molecular formula is C37H48N4O5. The van der Waals surface area contributed by atoms with Crippen molar-refractivity contribution < 1.29 is 24.2 Å². The number of hydrogen-bond acceptors (Lipinski definition) is 7. The summed E-state index contributed by atoms with van der Waals surface area (Å²) in [5.41, 5.74) is 10.5. The van der Waals surface area contributed by atoms with Gasteiger partial charge < -0.3 is 35.8 Å². The highest BCUT2D eigenvalue weighted by Crippen LogP contribution is 2.39. The van der Waals surface area contributed by atoms with E-state index in [9.17, 15) is 14.7 Å². The highest BCUT2D eigenvalue weighted by Gasteiger charge is 2.33. The number of carbonyl (C=O) groups excluding carboxylic acids is 2. The van der Waals surface area contributed by atoms with Crippen LogP contribution >= 0.6 is 0 Å². The number of nitrogen functional groups attached to an aromatic ring is 1. The van der Waals surface area contributed by atoms with Gasteiger partial charge in [0, 0.05) is 37.1 Å². The van der Waals surface area contributed by atoms with Gasteiger partial charge in [0.15, 0.2) is 6.29 Å². The van der Waals surface area contributed by atoms with E-state index in [4.69, 9.17) is 15.2 Å². The number of unbranched alkanes of at least 4 members (excludes halogenated alkanes) is 1. The smallest absolute Gasteiger partial charge is 0.224 e. The topological polar surface area (TPSA) is 126 Å². The fraction of sp³-hybridized carbons (Fsp3) is 0.459. The van der Waals surface area contributed by atoms with Gasteiger partial charge in [-0.15, -0.1) is 0 Å². The van der Waals surface area contributed by atoms with Gasteiger partial charge in [-0.05, 0) is 74.2 Å². The van der Waals surface area contributed by atoms with Crippen LogP contribution in [0.4, 0.5) is 17.1 Å². The number of rotatable bonds is 12. The van der Waals surface area contributed by atoms with Gasteiger partial charge >= 0.3 is 0 Å². The Labute approximate surface area is 272 Å². The summed E-state index contributed by atoms with van der Waals surface area (Å²) in [5, 5.41) is 15.3. The molecule has 0 saturated carbocycles. The third-order valence-electron chi connectivity index (χ3n) is 8.76. The maximum Gasteiger partial charge on any atom is 0.224 e. The summed E-state index contributed by atoms with van der Waals surface area (Å²) in [6.45, 7) is 3.05. The number of nitrogens with zero attached hydrogens (tertiary/aromatic N) is 1. The molecule has 2 saturated heterocycles. The van der Waals surface area contributed by atoms with Gasteiger partial charge in [0.2, 0.25) is 11.8 Å². The van der Waals surface area contributed by atoms with Gasteiger partial charge in [-0.2, -0.15) is 0 Å². The van der Waals surface area contributed by atoms with Crippen molar-refractivity contribution in [2.24, 2.45) is 0 Å². The molecule has 3 aromatic rings. The summed E-state index contributed by atoms with van der Waals surface area (Å²) in [6.07, 6.45) is 8.15. The monoisotopic (exact) mass is 628 g/mol. The van der Waals surface area contributed by atoms with Crippen LogP contribution in [0.3, 0.4) is 0 Å². The van der Waals surface area contributed by atoms with Crippen molar-refractivity contribution in [1.82, 2.24) is 4.90 Å². The van der Waals surface area contributed by atoms with E-state index < -0.39 is 6.29 Å². The molecule has 9 heteroatoms. The lowest BCUT2D eigenvalue weighted by Gasteiger charge is -2.39. The third kappa shape index (κ3) is 10.1. The van der Waals surface area contributed by atoms with Crippen molar-refractivity contribution in [3.63, 3.8) is 0 Å². The number of aliphatic hydroxyl groups is 1. The summed E-state index contributed by atoms with van der Waals surface area (Å²) < 4.78 is 13.1. The Hall–Kier alpha value is -3.76. The molecule has 0 bridgehead atoms. The van der Waals surface area contributed by atoms with Crippen molar-refractivity contribution in [3.05, 3.63) is 89.5 Å². The Kier molecular flexibility index (Phi) is 12.6. The zero-order valence-electron chi connectivity index (χ0n) is 26.7. The van der Waals surface area contributed by atoms with E-state index in [1.807, 2.05) is 60.7 Å². The van der Waals surface area contributed by atoms with Crippen molar-refractivity contribution in [3.8, 4) is 0 Å². The predicted octanol–water partition coefficient (Wildman–Crippen LogP) is 6.71. The maximum atomic E-state index is 12.8. The quantitative estimate of drug-likeness (QED) is 0.130. The number of amides is 2. The number of hydrogen-bond donors (Lipinski definition) is 4. The van der Waals surface area contributed by atoms with Crippen LogP contribution in [0.1, 0.15) is 93.3 Å². The van der Waals surface area contributed by atoms with Crippen molar-refractivity contribution >= 4 is 28.9 Å². The number of para-hydroxylation sites is 2. The molecule has 3 aromatic carbocycles. The number of benzene rings is 3. The SMILES string of the molecule is Nc1ccccc1NC(=O)CCCCC(=O)Nc1cccc(C2OC(CN3CCCCCCC3)CC(c3ccc(CO)cc3)O2)c1. The van der Waals surface area contributed by atoms with Gasteiger partial charge in [0.25, 0.3) is 0 Å². The highest BCUT2D eigenvalue weighted by molar-refractivity contribution is 5.94. The van der Waals surface area contributed by atoms with Crippen molar-refractivity contribution in [2.45, 2.75) is 89.3 Å². The van der Waals surface area contributed by atoms with Crippen LogP contribution in [0, 0.1) is 0 Å². The van der Waals surface area contributed by atoms with Gasteiger partial charge in [-0.25, -0.2) is 0 Å². The lowest BCUT2D eigenvalue weighted by atomic mass is 9.99. The molecular weight excluding hydrogens is 580 g/mol. The number of anilines is 3. The number of ether oxygens (including phenoxy) is 2. The van der Waals surface area contributed by atoms with Crippen LogP contribution in [-0.2, 0) is 25.7 Å². The van der Waals surface area contributed by atoms with Crippen LogP contribution in [0.5, 0.6) is 0 Å². The van der Waals surface area contributed by atoms with Crippen molar-refractivity contribution in [2.75, 3.05) is 36.0 Å². The van der Waals surface area contributed by atoms with E-state index in [-0.39, 0.29) is 30.6 Å². The minimum atomic E-state index is -0.579. The van der Waals surface area contributed by atoms with Gasteiger partial charge in [0.05, 0.1) is 30.2 Å². The van der Waals surface area contributed by atoms with E-state index in [0.29, 0.717) is 42.7 Å². The summed E-state index contributed by atoms with van der Waals surface area (Å²) in [5.74, 6) is -0.224. The number of carbonyl (C=O) groups is 2. The normalized spacial score (nSPS) is 20.8. The molecule has 2 amide bonds. The Morgan fingerprint density at radius 2 is 1.50 bits per heavy atom. The summed E-state index contributed by atoms with van der Waals surface area (Å²) in [4.78, 5) is 27.6. The molecule has 0 aromatic heterocycles. The molecule has 0 spiro atoms. The summed E-state index contributed by atoms with van der Waals surface area (Å²) >= 11 is 0. The van der Waals surface area contributed by atoms with Crippen LogP contribution in [0.2, 0.25) is 0 Å². The molecule has 5 rings (SSSR count). The molecule has 0 radical (unpaired) electrons. The van der Waals surface area contributed by atoms with Gasteiger partial charge in [-0.1, -0.05) is 67.8 Å². The van der Waals surface area contributed by atoms with Crippen LogP contribution < -0.4 is 16.4 Å². The Morgan fingerprint density at radius 3 is 2.22 bits per heavy atom. The van der Waals surface area contributed by atoms with E-state index in [1.165, 1.54) is 32.1 Å². The first-order valence-corrected chi connectivity index (χ1v) is 16.7. The van der Waals surface area contributed by atoms with E-state index in [2.05, 4.69) is 15.5 Å². The zero-order chi connectivity index (χ0) is 32.1. The first kappa shape index (κ1) is 33.6. The second-order valence-corrected chi connectivity index (χ2v) is 12.4. The molecule has 3 unspecified atom stereocenters. The second-order valence-electron chi connectivity index (χ2n) is 12.4. The first-order chi connectivity index (χ1) is 22.5. The van der Waals surface area contributed by atoms with Crippen LogP contribution in [0.25, 0.3) is 0 Å². The summed E-state index contributed by atoms with van der Waals surface area (Å²) in [6, 6.07) is 22.8. The number of nitrogens with one attached hydrogen (secondary N) is 2. The molecule has 5 N–H and O–H groups in total. The van der Waals surface area contributed by atoms with E-state index in [1.54, 1.807) is 12.1 Å². The molecule has 3 atom stereocenters. The van der Waals surface area contributed by atoms with Crippen molar-refractivity contribution in [1.29, 1.82) is 0 Å². The zero-order valence-corrected chi connectivity index (χ0v) is 26.7. The number of nitrogens with two attached hydrogens (primary N) is 1. The fourth-order valence-corrected chi connectivity index (χ4v) is 6.20. The largest absolute Gasteiger partial charge is 0.397 e. The van der Waals surface area contributed by atoms with Gasteiger partial charge in [-0.3, -0.25) is 9.59 Å². The van der Waals surface area contributed by atoms with E-state index >= 15 is 0 Å². The molecule has 246 valence electrons. The molecule has 46 heavy (non-hydrogen) atoms. The molecule has 2 aliphatic rings. The Morgan fingerprint density at radius 1 is 0.804 bits per heavy atom. The summed E-state index contributed by atoms with van der Waals surface area (Å²) in [7, 11) is 0. The standard InChI is InChI=1S/C37H48N4O5/c38-32-13-4-5-14-33(32)40-36(44)16-7-6-15-35(43)39-30-12-10-11-29(23-30)37-45-31(25-41-21-8-2-1-3-9-22-41)24-34(46-37)28-19-17-27(26-42)18-20-28/h4-5,10-14,17-20,23,31,34,37,42H,1-3,6-9,15-16,21-22,24-26,38H2,(H,39,43)(H,40,44). The predicted molar refractivity (Wildman–Crippen MR) is 181 cm³/mol. The highest BCUT2D eigenvalue weighted by atomic mass is 16.7. The first-order valence-electron chi connectivity index (χ1n) is 16.7. The molecule has 2 heterocycles. The molecule has 2 fully saturated rings. The number of aliphatic hydroxyl groups excluding tert-OH is 1. The Bertz CT molecular complexity index is 1410. The van der Waals surface area contributed by atoms with E-state index in [0.717, 1.165) is 42.7 Å². The fourth-order valence-electron chi connectivity index (χ4n) is 6.20. The third-order valence-corrected chi connectivity index (χ3v) is 8.76. The number of likely N-dealkylation sites (tertiary alicyclic amines) is 1. The lowest BCUT2D eigenvalue weighted by molar-refractivity contribution is -0.253. The minimum Gasteiger partial charge on any atom is -0.397 e. The lowest BCUT2D eigenvalue weighted by Crippen LogP contribution is -2.40. The molecule has 2 aliphatic heterocycles. The minimum absolute atomic E-state index is 0.00512. The average molecular weight is 629 g/mol. The molecule has 9 nitrogen and oxygen atoms in total. The second kappa shape index (κ2) is 17.2. The molecule has 0 aliphatic carbocycles.